The molecule has 2 aromatic heterocycles. The molecule has 3 heterocycles. The number of thiophene rings is 1. The second-order valence-electron chi connectivity index (χ2n) is 6.59. The van der Waals surface area contributed by atoms with Crippen molar-refractivity contribution >= 4 is 33.1 Å². The highest BCUT2D eigenvalue weighted by Gasteiger charge is 2.24. The first kappa shape index (κ1) is 18.1. The number of nitrogens with one attached hydrogen (secondary N) is 1. The fraction of sp³-hybridized carbons (Fsp3) is 0.556. The van der Waals surface area contributed by atoms with Gasteiger partial charge in [0, 0.05) is 30.8 Å². The summed E-state index contributed by atoms with van der Waals surface area (Å²) >= 11 is 1.36. The highest BCUT2D eigenvalue weighted by molar-refractivity contribution is 7.21. The van der Waals surface area contributed by atoms with Gasteiger partial charge in [0.2, 0.25) is 0 Å². The molecule has 1 unspecified atom stereocenters. The number of anilines is 1. The van der Waals surface area contributed by atoms with Gasteiger partial charge in [-0.1, -0.05) is 6.92 Å². The zero-order chi connectivity index (χ0) is 18.0. The van der Waals surface area contributed by atoms with Gasteiger partial charge in [0.15, 0.2) is 0 Å². The molecule has 6 nitrogen and oxygen atoms in total. The number of nitrogens with zero attached hydrogens (tertiary/aromatic N) is 2. The van der Waals surface area contributed by atoms with Crippen molar-refractivity contribution < 1.29 is 9.53 Å². The predicted molar refractivity (Wildman–Crippen MR) is 102 cm³/mol. The SMILES string of the molecule is CCN1CCCC(NC(=O)c2sc3nc(C)cc(COC)c3c2N)C1. The Hall–Kier alpha value is -1.70. The molecule has 1 fully saturated rings. The van der Waals surface area contributed by atoms with Crippen LogP contribution in [0.3, 0.4) is 0 Å². The minimum absolute atomic E-state index is 0.0931. The predicted octanol–water partition coefficient (Wildman–Crippen LogP) is 2.55. The number of carbonyl (C=O) groups excluding carboxylic acids is 1. The highest BCUT2D eigenvalue weighted by atomic mass is 32.1. The van der Waals surface area contributed by atoms with Gasteiger partial charge in [-0.05, 0) is 44.5 Å². The van der Waals surface area contributed by atoms with Gasteiger partial charge in [0.25, 0.3) is 5.91 Å². The van der Waals surface area contributed by atoms with Gasteiger partial charge in [0.1, 0.15) is 9.71 Å². The lowest BCUT2D eigenvalue weighted by atomic mass is 10.1. The number of nitrogen functional groups attached to an aromatic ring is 1. The molecule has 0 aromatic carbocycles. The molecule has 0 radical (unpaired) electrons. The van der Waals surface area contributed by atoms with Crippen LogP contribution in [0.4, 0.5) is 5.69 Å². The van der Waals surface area contributed by atoms with Crippen molar-refractivity contribution in [1.82, 2.24) is 15.2 Å². The first-order valence-corrected chi connectivity index (χ1v) is 9.55. The second kappa shape index (κ2) is 7.68. The number of ether oxygens (including phenoxy) is 1. The molecule has 3 N–H and O–H groups in total. The maximum atomic E-state index is 12.8. The van der Waals surface area contributed by atoms with Crippen molar-refractivity contribution in [3.05, 3.63) is 22.2 Å². The lowest BCUT2D eigenvalue weighted by molar-refractivity contribution is 0.0911. The van der Waals surface area contributed by atoms with Crippen LogP contribution in [0.5, 0.6) is 0 Å². The molecule has 1 amide bonds. The molecule has 0 bridgehead atoms. The Labute approximate surface area is 152 Å². The Kier molecular flexibility index (Phi) is 5.56. The molecule has 1 aliphatic heterocycles. The number of hydrogen-bond acceptors (Lipinski definition) is 6. The average molecular weight is 362 g/mol. The summed E-state index contributed by atoms with van der Waals surface area (Å²) < 4.78 is 5.28. The largest absolute Gasteiger partial charge is 0.397 e. The van der Waals surface area contributed by atoms with Gasteiger partial charge in [0.05, 0.1) is 12.3 Å². The summed E-state index contributed by atoms with van der Waals surface area (Å²) in [5.74, 6) is -0.0931. The number of rotatable bonds is 5. The number of likely N-dealkylation sites (tertiary alicyclic amines) is 1. The maximum absolute atomic E-state index is 12.8. The summed E-state index contributed by atoms with van der Waals surface area (Å²) in [6.07, 6.45) is 2.12. The number of nitrogens with two attached hydrogens (primary N) is 1. The van der Waals surface area contributed by atoms with E-state index in [9.17, 15) is 4.79 Å². The molecular formula is C18H26N4O2S. The summed E-state index contributed by atoms with van der Waals surface area (Å²) in [4.78, 5) is 21.1. The number of carbonyl (C=O) groups is 1. The molecule has 1 aliphatic rings. The number of piperidine rings is 1. The van der Waals surface area contributed by atoms with E-state index in [1.807, 2.05) is 13.0 Å². The molecule has 1 saturated heterocycles. The van der Waals surface area contributed by atoms with Crippen LogP contribution in [0.25, 0.3) is 10.2 Å². The zero-order valence-corrected chi connectivity index (χ0v) is 15.9. The minimum atomic E-state index is -0.0931. The van der Waals surface area contributed by atoms with Crippen molar-refractivity contribution in [2.45, 2.75) is 39.3 Å². The Morgan fingerprint density at radius 1 is 1.56 bits per heavy atom. The molecule has 0 saturated carbocycles. The van der Waals surface area contributed by atoms with Gasteiger partial charge in [-0.3, -0.25) is 4.79 Å². The van der Waals surface area contributed by atoms with Crippen LogP contribution >= 0.6 is 11.3 Å². The third-order valence-corrected chi connectivity index (χ3v) is 5.80. The van der Waals surface area contributed by atoms with Gasteiger partial charge in [-0.2, -0.15) is 0 Å². The van der Waals surface area contributed by atoms with E-state index in [0.29, 0.717) is 17.2 Å². The molecule has 2 aromatic rings. The number of amides is 1. The number of aryl methyl sites for hydroxylation is 1. The van der Waals surface area contributed by atoms with E-state index in [1.165, 1.54) is 11.3 Å². The van der Waals surface area contributed by atoms with Crippen LogP contribution in [-0.2, 0) is 11.3 Å². The van der Waals surface area contributed by atoms with E-state index in [0.717, 1.165) is 53.9 Å². The number of likely N-dealkylation sites (N-methyl/N-ethyl adjacent to an activating group) is 1. The number of hydrogen-bond donors (Lipinski definition) is 2. The topological polar surface area (TPSA) is 80.5 Å². The maximum Gasteiger partial charge on any atom is 0.263 e. The van der Waals surface area contributed by atoms with Gasteiger partial charge in [-0.15, -0.1) is 11.3 Å². The molecule has 25 heavy (non-hydrogen) atoms. The Bertz CT molecular complexity index is 774. The Morgan fingerprint density at radius 3 is 3.08 bits per heavy atom. The third-order valence-electron chi connectivity index (χ3n) is 4.70. The number of pyridine rings is 1. The van der Waals surface area contributed by atoms with Crippen LogP contribution in [0, 0.1) is 6.92 Å². The quantitative estimate of drug-likeness (QED) is 0.854. The van der Waals surface area contributed by atoms with Crippen LogP contribution in [0.15, 0.2) is 6.07 Å². The van der Waals surface area contributed by atoms with Crippen molar-refractivity contribution in [3.63, 3.8) is 0 Å². The second-order valence-corrected chi connectivity index (χ2v) is 7.59. The lowest BCUT2D eigenvalue weighted by Gasteiger charge is -2.32. The highest BCUT2D eigenvalue weighted by Crippen LogP contribution is 2.35. The number of fused-ring (bicyclic) bond motifs is 1. The molecule has 136 valence electrons. The molecule has 0 aliphatic carbocycles. The number of aromatic nitrogens is 1. The van der Waals surface area contributed by atoms with Crippen LogP contribution in [0.1, 0.15) is 40.7 Å². The monoisotopic (exact) mass is 362 g/mol. The summed E-state index contributed by atoms with van der Waals surface area (Å²) in [5.41, 5.74) is 8.72. The van der Waals surface area contributed by atoms with Crippen LogP contribution < -0.4 is 11.1 Å². The standard InChI is InChI=1S/C18H26N4O2S/c1-4-22-7-5-6-13(9-22)21-17(23)16-15(19)14-12(10-24-3)8-11(2)20-18(14)25-16/h8,13H,4-7,9-10,19H2,1-3H3,(H,21,23). The van der Waals surface area contributed by atoms with Crippen LogP contribution in [-0.4, -0.2) is 48.6 Å². The smallest absolute Gasteiger partial charge is 0.263 e. The molecule has 1 atom stereocenters. The van der Waals surface area contributed by atoms with Gasteiger partial charge >= 0.3 is 0 Å². The molecule has 0 spiro atoms. The lowest BCUT2D eigenvalue weighted by Crippen LogP contribution is -2.47. The molecule has 7 heteroatoms. The zero-order valence-electron chi connectivity index (χ0n) is 15.1. The Morgan fingerprint density at radius 2 is 2.36 bits per heavy atom. The van der Waals surface area contributed by atoms with E-state index >= 15 is 0 Å². The van der Waals surface area contributed by atoms with E-state index < -0.39 is 0 Å². The first-order chi connectivity index (χ1) is 12.0. The van der Waals surface area contributed by atoms with E-state index in [-0.39, 0.29) is 11.9 Å². The van der Waals surface area contributed by atoms with Crippen molar-refractivity contribution in [2.75, 3.05) is 32.5 Å². The van der Waals surface area contributed by atoms with E-state index in [4.69, 9.17) is 10.5 Å². The minimum Gasteiger partial charge on any atom is -0.397 e. The first-order valence-electron chi connectivity index (χ1n) is 8.74. The Balaban J connectivity index is 1.86. The molecular weight excluding hydrogens is 336 g/mol. The van der Waals surface area contributed by atoms with Crippen molar-refractivity contribution in [3.8, 4) is 0 Å². The fourth-order valence-corrected chi connectivity index (χ4v) is 4.58. The molecule has 3 rings (SSSR count). The van der Waals surface area contributed by atoms with Crippen LogP contribution in [0.2, 0.25) is 0 Å². The van der Waals surface area contributed by atoms with Gasteiger partial charge in [-0.25, -0.2) is 4.98 Å². The van der Waals surface area contributed by atoms with Crippen molar-refractivity contribution in [2.24, 2.45) is 0 Å². The summed E-state index contributed by atoms with van der Waals surface area (Å²) in [6.45, 7) is 7.57. The third kappa shape index (κ3) is 3.78. The van der Waals surface area contributed by atoms with E-state index in [2.05, 4.69) is 22.1 Å². The summed E-state index contributed by atoms with van der Waals surface area (Å²) in [7, 11) is 1.65. The van der Waals surface area contributed by atoms with Gasteiger partial charge < -0.3 is 20.7 Å². The normalized spacial score (nSPS) is 18.6. The average Bonchev–Trinajstić information content (AvgIpc) is 2.92. The number of methoxy groups -OCH3 is 1. The van der Waals surface area contributed by atoms with Crippen molar-refractivity contribution in [1.29, 1.82) is 0 Å². The fourth-order valence-electron chi connectivity index (χ4n) is 3.49. The van der Waals surface area contributed by atoms with E-state index in [1.54, 1.807) is 7.11 Å². The summed E-state index contributed by atoms with van der Waals surface area (Å²) in [6, 6.07) is 2.15. The summed E-state index contributed by atoms with van der Waals surface area (Å²) in [5, 5.41) is 4.01.